The van der Waals surface area contributed by atoms with Crippen molar-refractivity contribution in [3.63, 3.8) is 0 Å². The fourth-order valence-corrected chi connectivity index (χ4v) is 2.61. The molecular weight excluding hydrogens is 294 g/mol. The Kier molecular flexibility index (Phi) is 4.52. The molecule has 0 unspecified atom stereocenters. The number of ether oxygens (including phenoxy) is 1. The van der Waals surface area contributed by atoms with Crippen LogP contribution in [0.5, 0.6) is 0 Å². The van der Waals surface area contributed by atoms with Gasteiger partial charge < -0.3 is 9.64 Å². The Bertz CT molecular complexity index is 764. The van der Waals surface area contributed by atoms with Crippen molar-refractivity contribution in [3.8, 4) is 11.3 Å². The standard InChI is InChI=1S/C17H19N3O3/c1-13-4-2-3-5-14(13)15-6-7-16(21)20(18-15)12-17(22)19-8-10-23-11-9-19/h2-7H,8-12H2,1H3. The molecular formula is C17H19N3O3. The van der Waals surface area contributed by atoms with E-state index in [1.54, 1.807) is 11.0 Å². The van der Waals surface area contributed by atoms with Crippen LogP contribution in [0.1, 0.15) is 5.56 Å². The molecule has 0 atom stereocenters. The molecule has 1 amide bonds. The van der Waals surface area contributed by atoms with Crippen LogP contribution in [0.25, 0.3) is 11.3 Å². The van der Waals surface area contributed by atoms with Crippen LogP contribution in [0.4, 0.5) is 0 Å². The van der Waals surface area contributed by atoms with E-state index in [1.807, 2.05) is 31.2 Å². The molecule has 23 heavy (non-hydrogen) atoms. The van der Waals surface area contributed by atoms with Crippen LogP contribution in [0, 0.1) is 6.92 Å². The SMILES string of the molecule is Cc1ccccc1-c1ccc(=O)n(CC(=O)N2CCOCC2)n1. The summed E-state index contributed by atoms with van der Waals surface area (Å²) in [5, 5.41) is 4.36. The Morgan fingerprint density at radius 3 is 2.65 bits per heavy atom. The van der Waals surface area contributed by atoms with Crippen molar-refractivity contribution in [1.82, 2.24) is 14.7 Å². The number of morpholine rings is 1. The third-order valence-electron chi connectivity index (χ3n) is 3.94. The van der Waals surface area contributed by atoms with Gasteiger partial charge in [-0.05, 0) is 18.6 Å². The van der Waals surface area contributed by atoms with Crippen molar-refractivity contribution in [2.45, 2.75) is 13.5 Å². The number of carbonyl (C=O) groups is 1. The highest BCUT2D eigenvalue weighted by Gasteiger charge is 2.18. The maximum atomic E-state index is 12.3. The quantitative estimate of drug-likeness (QED) is 0.850. The molecule has 0 N–H and O–H groups in total. The highest BCUT2D eigenvalue weighted by atomic mass is 16.5. The third kappa shape index (κ3) is 3.48. The first-order valence-electron chi connectivity index (χ1n) is 7.65. The van der Waals surface area contributed by atoms with Crippen LogP contribution in [0.2, 0.25) is 0 Å². The number of aromatic nitrogens is 2. The van der Waals surface area contributed by atoms with E-state index in [0.717, 1.165) is 11.1 Å². The Labute approximate surface area is 134 Å². The van der Waals surface area contributed by atoms with Gasteiger partial charge in [-0.25, -0.2) is 4.68 Å². The Balaban J connectivity index is 1.85. The molecule has 1 fully saturated rings. The molecule has 2 aromatic rings. The Morgan fingerprint density at radius 1 is 1.17 bits per heavy atom. The number of benzene rings is 1. The molecule has 6 nitrogen and oxygen atoms in total. The fraction of sp³-hybridized carbons (Fsp3) is 0.353. The highest BCUT2D eigenvalue weighted by Crippen LogP contribution is 2.19. The van der Waals surface area contributed by atoms with Gasteiger partial charge in [0.1, 0.15) is 6.54 Å². The van der Waals surface area contributed by atoms with Gasteiger partial charge in [-0.3, -0.25) is 9.59 Å². The number of hydrogen-bond donors (Lipinski definition) is 0. The molecule has 0 saturated carbocycles. The maximum Gasteiger partial charge on any atom is 0.267 e. The Morgan fingerprint density at radius 2 is 1.91 bits per heavy atom. The number of rotatable bonds is 3. The zero-order valence-corrected chi connectivity index (χ0v) is 13.1. The molecule has 2 heterocycles. The summed E-state index contributed by atoms with van der Waals surface area (Å²) in [5.74, 6) is -0.107. The van der Waals surface area contributed by atoms with Crippen LogP contribution < -0.4 is 5.56 Å². The van der Waals surface area contributed by atoms with E-state index in [4.69, 9.17) is 4.74 Å². The minimum Gasteiger partial charge on any atom is -0.378 e. The van der Waals surface area contributed by atoms with E-state index >= 15 is 0 Å². The second kappa shape index (κ2) is 6.75. The van der Waals surface area contributed by atoms with Gasteiger partial charge in [0.25, 0.3) is 5.56 Å². The lowest BCUT2D eigenvalue weighted by Crippen LogP contribution is -2.43. The lowest BCUT2D eigenvalue weighted by Gasteiger charge is -2.26. The van der Waals surface area contributed by atoms with Crippen molar-refractivity contribution in [2.75, 3.05) is 26.3 Å². The zero-order chi connectivity index (χ0) is 16.2. The van der Waals surface area contributed by atoms with Gasteiger partial charge in [0.2, 0.25) is 5.91 Å². The van der Waals surface area contributed by atoms with Crippen LogP contribution >= 0.6 is 0 Å². The van der Waals surface area contributed by atoms with Crippen molar-refractivity contribution < 1.29 is 9.53 Å². The van der Waals surface area contributed by atoms with Crippen LogP contribution in [-0.2, 0) is 16.1 Å². The van der Waals surface area contributed by atoms with E-state index in [-0.39, 0.29) is 18.0 Å². The lowest BCUT2D eigenvalue weighted by molar-refractivity contribution is -0.136. The monoisotopic (exact) mass is 313 g/mol. The summed E-state index contributed by atoms with van der Waals surface area (Å²) in [6, 6.07) is 11.0. The summed E-state index contributed by atoms with van der Waals surface area (Å²) in [4.78, 5) is 26.0. The lowest BCUT2D eigenvalue weighted by atomic mass is 10.1. The summed E-state index contributed by atoms with van der Waals surface area (Å²) in [6.07, 6.45) is 0. The number of hydrogen-bond acceptors (Lipinski definition) is 4. The molecule has 1 aliphatic heterocycles. The summed E-state index contributed by atoms with van der Waals surface area (Å²) in [5.41, 5.74) is 2.45. The van der Waals surface area contributed by atoms with E-state index in [2.05, 4.69) is 5.10 Å². The van der Waals surface area contributed by atoms with Gasteiger partial charge >= 0.3 is 0 Å². The largest absolute Gasteiger partial charge is 0.378 e. The van der Waals surface area contributed by atoms with Crippen molar-refractivity contribution in [1.29, 1.82) is 0 Å². The molecule has 3 rings (SSSR count). The second-order valence-electron chi connectivity index (χ2n) is 5.52. The number of aryl methyl sites for hydroxylation is 1. The minimum absolute atomic E-state index is 0.0431. The summed E-state index contributed by atoms with van der Waals surface area (Å²) in [7, 11) is 0. The molecule has 6 heteroatoms. The molecule has 1 aromatic heterocycles. The summed E-state index contributed by atoms with van der Waals surface area (Å²) >= 11 is 0. The van der Waals surface area contributed by atoms with Crippen LogP contribution in [0.15, 0.2) is 41.2 Å². The molecule has 0 radical (unpaired) electrons. The van der Waals surface area contributed by atoms with E-state index < -0.39 is 0 Å². The maximum absolute atomic E-state index is 12.3. The smallest absolute Gasteiger partial charge is 0.267 e. The molecule has 0 aliphatic carbocycles. The first-order chi connectivity index (χ1) is 11.1. The average Bonchev–Trinajstić information content (AvgIpc) is 2.58. The van der Waals surface area contributed by atoms with E-state index in [0.29, 0.717) is 32.0 Å². The predicted octanol–water partition coefficient (Wildman–Crippen LogP) is 1.08. The van der Waals surface area contributed by atoms with Crippen LogP contribution in [0.3, 0.4) is 0 Å². The highest BCUT2D eigenvalue weighted by molar-refractivity contribution is 5.76. The molecule has 0 bridgehead atoms. The molecule has 1 aromatic carbocycles. The second-order valence-corrected chi connectivity index (χ2v) is 5.52. The van der Waals surface area contributed by atoms with Gasteiger partial charge in [-0.15, -0.1) is 0 Å². The molecule has 120 valence electrons. The van der Waals surface area contributed by atoms with Gasteiger partial charge in [0.05, 0.1) is 18.9 Å². The number of carbonyl (C=O) groups excluding carboxylic acids is 1. The number of nitrogens with zero attached hydrogens (tertiary/aromatic N) is 3. The minimum atomic E-state index is -0.274. The first kappa shape index (κ1) is 15.4. The van der Waals surface area contributed by atoms with Gasteiger partial charge in [0.15, 0.2) is 0 Å². The van der Waals surface area contributed by atoms with E-state index in [9.17, 15) is 9.59 Å². The van der Waals surface area contributed by atoms with Gasteiger partial charge in [-0.2, -0.15) is 5.10 Å². The normalized spacial score (nSPS) is 14.7. The topological polar surface area (TPSA) is 64.4 Å². The Hall–Kier alpha value is -2.47. The first-order valence-corrected chi connectivity index (χ1v) is 7.65. The molecule has 0 spiro atoms. The van der Waals surface area contributed by atoms with Gasteiger partial charge in [0, 0.05) is 24.7 Å². The van der Waals surface area contributed by atoms with Gasteiger partial charge in [-0.1, -0.05) is 24.3 Å². The zero-order valence-electron chi connectivity index (χ0n) is 13.1. The number of amides is 1. The molecule has 1 aliphatic rings. The average molecular weight is 313 g/mol. The van der Waals surface area contributed by atoms with Crippen molar-refractivity contribution >= 4 is 5.91 Å². The van der Waals surface area contributed by atoms with Crippen molar-refractivity contribution in [3.05, 3.63) is 52.3 Å². The van der Waals surface area contributed by atoms with Crippen LogP contribution in [-0.4, -0.2) is 46.9 Å². The van der Waals surface area contributed by atoms with E-state index in [1.165, 1.54) is 10.7 Å². The summed E-state index contributed by atoms with van der Waals surface area (Å²) < 4.78 is 6.47. The fourth-order valence-electron chi connectivity index (χ4n) is 2.61. The third-order valence-corrected chi connectivity index (χ3v) is 3.94. The molecule has 1 saturated heterocycles. The predicted molar refractivity (Wildman–Crippen MR) is 86.1 cm³/mol. The summed E-state index contributed by atoms with van der Waals surface area (Å²) in [6.45, 7) is 4.15. The van der Waals surface area contributed by atoms with Crippen molar-refractivity contribution in [2.24, 2.45) is 0 Å².